The molecule has 10 nitrogen and oxygen atoms in total. The summed E-state index contributed by atoms with van der Waals surface area (Å²) in [7, 11) is 0. The number of Topliss-reactive ketones (excluding diaryl/α,β-unsaturated/α-hetero) is 1. The third kappa shape index (κ3) is 8.52. The summed E-state index contributed by atoms with van der Waals surface area (Å²) in [6, 6.07) is 38.3. The molecule has 5 aliphatic rings. The second-order valence-corrected chi connectivity index (χ2v) is 21.7. The second kappa shape index (κ2) is 17.8. The highest BCUT2D eigenvalue weighted by molar-refractivity contribution is 6.02. The number of hydrogen-bond donors (Lipinski definition) is 2. The molecule has 356 valence electrons. The van der Waals surface area contributed by atoms with E-state index in [0.717, 1.165) is 11.1 Å². The molecule has 2 saturated carbocycles. The molecule has 0 aromatic heterocycles. The Balaban J connectivity index is 0.000000797. The molecule has 9 rings (SSSR count). The van der Waals surface area contributed by atoms with Gasteiger partial charge < -0.3 is 33.9 Å². The van der Waals surface area contributed by atoms with Crippen molar-refractivity contribution in [2.75, 3.05) is 6.61 Å². The lowest BCUT2D eigenvalue weighted by Crippen LogP contribution is -2.78. The standard InChI is InChI=1S/C50H60O10.C7H8/c1-29-34(57-44(54)39-33(26-45(2,3)60-39)30-19-13-10-14-20-30)27-50(55)42(58-43(53)31-21-15-11-16-22-31)40-48(8)28-56-35(48)25-36(59-47(6,7)32-23-17-12-18-24-32)49(40,9)41(52)38(51)37(29)46(50,4)5;1-7-5-3-2-4-6-7/h10-24,33-36,39-42,52,55H,25-28H2,1-9H3;2-6H,1H3/t33-,34+,35-,36+,39-,40-,41+,42+,48-,49-,50-;/m1./s1. The van der Waals surface area contributed by atoms with Crippen LogP contribution in [-0.4, -0.2) is 82.4 Å². The molecular weight excluding hydrogens is 845 g/mol. The first kappa shape index (κ1) is 48.5. The minimum atomic E-state index is -2.02. The van der Waals surface area contributed by atoms with Gasteiger partial charge in [-0.3, -0.25) is 4.79 Å². The molecule has 0 spiro atoms. The van der Waals surface area contributed by atoms with Crippen molar-refractivity contribution in [3.63, 3.8) is 0 Å². The van der Waals surface area contributed by atoms with Gasteiger partial charge in [0.15, 0.2) is 11.9 Å². The number of ketones is 1. The zero-order chi connectivity index (χ0) is 48.3. The van der Waals surface area contributed by atoms with E-state index in [1.165, 1.54) is 5.56 Å². The van der Waals surface area contributed by atoms with Crippen LogP contribution in [0.3, 0.4) is 0 Å². The number of benzene rings is 4. The number of aliphatic hydroxyl groups is 2. The lowest BCUT2D eigenvalue weighted by atomic mass is 9.42. The van der Waals surface area contributed by atoms with Crippen LogP contribution in [0.25, 0.3) is 0 Å². The van der Waals surface area contributed by atoms with Crippen LogP contribution in [0.4, 0.5) is 0 Å². The fourth-order valence-electron chi connectivity index (χ4n) is 12.2. The van der Waals surface area contributed by atoms with Crippen LogP contribution in [0.1, 0.15) is 115 Å². The Morgan fingerprint density at radius 3 is 1.88 bits per heavy atom. The van der Waals surface area contributed by atoms with Crippen molar-refractivity contribution in [2.24, 2.45) is 22.2 Å². The van der Waals surface area contributed by atoms with E-state index in [1.54, 1.807) is 51.1 Å². The lowest BCUT2D eigenvalue weighted by molar-refractivity contribution is -0.340. The number of aryl methyl sites for hydroxylation is 1. The molecule has 2 N–H and O–H groups in total. The van der Waals surface area contributed by atoms with Crippen molar-refractivity contribution >= 4 is 17.7 Å². The minimum absolute atomic E-state index is 0.132. The van der Waals surface area contributed by atoms with E-state index in [-0.39, 0.29) is 30.1 Å². The Morgan fingerprint density at radius 1 is 0.761 bits per heavy atom. The third-order valence-corrected chi connectivity index (χ3v) is 16.1. The van der Waals surface area contributed by atoms with Crippen molar-refractivity contribution in [2.45, 2.75) is 148 Å². The molecule has 2 bridgehead atoms. The summed E-state index contributed by atoms with van der Waals surface area (Å²) in [5, 5.41) is 26.8. The number of carbonyl (C=O) groups excluding carboxylic acids is 3. The van der Waals surface area contributed by atoms with Gasteiger partial charge in [0.1, 0.15) is 23.9 Å². The second-order valence-electron chi connectivity index (χ2n) is 21.7. The molecule has 67 heavy (non-hydrogen) atoms. The number of esters is 2. The quantitative estimate of drug-likeness (QED) is 0.165. The Morgan fingerprint density at radius 2 is 1.33 bits per heavy atom. The maximum absolute atomic E-state index is 15.4. The fourth-order valence-corrected chi connectivity index (χ4v) is 12.2. The summed E-state index contributed by atoms with van der Waals surface area (Å²) in [4.78, 5) is 44.3. The number of hydrogen-bond acceptors (Lipinski definition) is 10. The van der Waals surface area contributed by atoms with Gasteiger partial charge in [0, 0.05) is 46.5 Å². The highest BCUT2D eigenvalue weighted by atomic mass is 16.6. The molecule has 2 saturated heterocycles. The fraction of sp³-hybridized carbons (Fsp3) is 0.491. The van der Waals surface area contributed by atoms with Crippen LogP contribution < -0.4 is 0 Å². The number of fused-ring (bicyclic) bond motifs is 5. The summed E-state index contributed by atoms with van der Waals surface area (Å²) >= 11 is 0. The zero-order valence-corrected chi connectivity index (χ0v) is 40.7. The van der Waals surface area contributed by atoms with Gasteiger partial charge in [0.2, 0.25) is 0 Å². The summed E-state index contributed by atoms with van der Waals surface area (Å²) in [6.07, 6.45) is -5.59. The van der Waals surface area contributed by atoms with Crippen molar-refractivity contribution < 1.29 is 48.3 Å². The normalized spacial score (nSPS) is 33.9. The maximum atomic E-state index is 15.4. The molecule has 11 atom stereocenters. The monoisotopic (exact) mass is 912 g/mol. The molecule has 0 unspecified atom stereocenters. The van der Waals surface area contributed by atoms with Gasteiger partial charge in [-0.2, -0.15) is 0 Å². The van der Waals surface area contributed by atoms with E-state index in [2.05, 4.69) is 19.1 Å². The molecule has 3 aliphatic carbocycles. The van der Waals surface area contributed by atoms with Crippen molar-refractivity contribution in [1.29, 1.82) is 0 Å². The third-order valence-electron chi connectivity index (χ3n) is 16.1. The van der Waals surface area contributed by atoms with Gasteiger partial charge in [-0.1, -0.05) is 142 Å². The molecule has 2 aliphatic heterocycles. The van der Waals surface area contributed by atoms with E-state index in [4.69, 9.17) is 23.7 Å². The van der Waals surface area contributed by atoms with Crippen LogP contribution in [-0.2, 0) is 38.9 Å². The Bertz CT molecular complexity index is 2470. The van der Waals surface area contributed by atoms with E-state index >= 15 is 4.79 Å². The first-order valence-electron chi connectivity index (χ1n) is 23.8. The molecule has 0 amide bonds. The summed E-state index contributed by atoms with van der Waals surface area (Å²) in [6.45, 7) is 19.2. The highest BCUT2D eigenvalue weighted by Gasteiger charge is 2.75. The van der Waals surface area contributed by atoms with Gasteiger partial charge in [0.05, 0.1) is 35.6 Å². The van der Waals surface area contributed by atoms with E-state index in [0.29, 0.717) is 18.4 Å². The molecule has 10 heteroatoms. The number of carbonyl (C=O) groups is 3. The zero-order valence-electron chi connectivity index (χ0n) is 40.7. The minimum Gasteiger partial charge on any atom is -0.456 e. The maximum Gasteiger partial charge on any atom is 0.338 e. The van der Waals surface area contributed by atoms with Crippen LogP contribution in [0.5, 0.6) is 0 Å². The van der Waals surface area contributed by atoms with Crippen LogP contribution in [0.15, 0.2) is 132 Å². The molecule has 2 heterocycles. The molecule has 4 aromatic rings. The van der Waals surface area contributed by atoms with Crippen LogP contribution in [0, 0.1) is 29.1 Å². The molecule has 0 radical (unpaired) electrons. The van der Waals surface area contributed by atoms with Gasteiger partial charge in [-0.25, -0.2) is 9.59 Å². The molecule has 4 fully saturated rings. The lowest BCUT2D eigenvalue weighted by Gasteiger charge is -2.69. The van der Waals surface area contributed by atoms with Crippen LogP contribution in [0.2, 0.25) is 0 Å². The molecule has 4 aromatic carbocycles. The van der Waals surface area contributed by atoms with E-state index in [1.807, 2.05) is 120 Å². The van der Waals surface area contributed by atoms with E-state index < -0.39 is 93.3 Å². The Hall–Kier alpha value is -4.97. The number of aliphatic hydroxyl groups excluding tert-OH is 1. The Labute approximate surface area is 396 Å². The van der Waals surface area contributed by atoms with Gasteiger partial charge in [0.25, 0.3) is 0 Å². The summed E-state index contributed by atoms with van der Waals surface area (Å²) < 4.78 is 32.9. The average molecular weight is 913 g/mol. The van der Waals surface area contributed by atoms with Gasteiger partial charge >= 0.3 is 11.9 Å². The average Bonchev–Trinajstić information content (AvgIpc) is 3.64. The van der Waals surface area contributed by atoms with Gasteiger partial charge in [-0.05, 0) is 76.8 Å². The number of rotatable bonds is 8. The predicted molar refractivity (Wildman–Crippen MR) is 255 cm³/mol. The van der Waals surface area contributed by atoms with Crippen molar-refractivity contribution in [1.82, 2.24) is 0 Å². The van der Waals surface area contributed by atoms with Gasteiger partial charge in [-0.15, -0.1) is 0 Å². The topological polar surface area (TPSA) is 138 Å². The summed E-state index contributed by atoms with van der Waals surface area (Å²) in [5.41, 5.74) is -3.16. The SMILES string of the molecule is CC1=C2C(=O)[C@H](O)[C@]3(C)[C@@H](OC(C)(C)c4ccccc4)C[C@H]4OC[C@@]4(C)[C@H]3[C@H](OC(=O)c3ccccc3)[C@](O)(C[C@@H]1OC(=O)[C@@H]1OC(C)(C)C[C@@H]1c1ccccc1)C2(C)C.Cc1ccccc1. The van der Waals surface area contributed by atoms with Crippen molar-refractivity contribution in [3.05, 3.63) is 155 Å². The predicted octanol–water partition coefficient (Wildman–Crippen LogP) is 9.64. The Kier molecular flexibility index (Phi) is 12.9. The largest absolute Gasteiger partial charge is 0.456 e. The van der Waals surface area contributed by atoms with E-state index in [9.17, 15) is 19.8 Å². The summed E-state index contributed by atoms with van der Waals surface area (Å²) in [5.74, 6) is -3.07. The first-order chi connectivity index (χ1) is 31.5. The molecular formula is C57H68O10. The first-order valence-corrected chi connectivity index (χ1v) is 23.8. The van der Waals surface area contributed by atoms with Crippen LogP contribution >= 0.6 is 0 Å². The smallest absolute Gasteiger partial charge is 0.338 e. The van der Waals surface area contributed by atoms with Crippen molar-refractivity contribution in [3.8, 4) is 0 Å². The highest BCUT2D eigenvalue weighted by Crippen LogP contribution is 2.67. The number of ether oxygens (including phenoxy) is 5.